The minimum atomic E-state index is -0.228. The summed E-state index contributed by atoms with van der Waals surface area (Å²) in [4.78, 5) is 13.8. The summed E-state index contributed by atoms with van der Waals surface area (Å²) in [5, 5.41) is 6.96. The third kappa shape index (κ3) is 2.61. The van der Waals surface area contributed by atoms with E-state index in [1.54, 1.807) is 11.8 Å². The molecule has 4 nitrogen and oxygen atoms in total. The van der Waals surface area contributed by atoms with Crippen LogP contribution in [0.1, 0.15) is 28.5 Å². The number of carbonyl (C=O) groups excluding carboxylic acids is 1. The van der Waals surface area contributed by atoms with Crippen LogP contribution in [0.25, 0.3) is 11.3 Å². The van der Waals surface area contributed by atoms with Crippen LogP contribution < -0.4 is 5.32 Å². The number of anilines is 1. The van der Waals surface area contributed by atoms with E-state index in [1.165, 1.54) is 5.56 Å². The second kappa shape index (κ2) is 6.17. The van der Waals surface area contributed by atoms with Gasteiger partial charge < -0.3 is 9.84 Å². The van der Waals surface area contributed by atoms with Crippen molar-refractivity contribution in [3.63, 3.8) is 0 Å². The first-order valence-corrected chi connectivity index (χ1v) is 8.86. The lowest BCUT2D eigenvalue weighted by Gasteiger charge is -2.13. The molecule has 1 aliphatic rings. The number of nitrogens with one attached hydrogen (secondary N) is 1. The third-order valence-electron chi connectivity index (χ3n) is 4.10. The van der Waals surface area contributed by atoms with Gasteiger partial charge in [0, 0.05) is 27.5 Å². The minimum Gasteiger partial charge on any atom is -0.355 e. The number of rotatable bonds is 3. The van der Waals surface area contributed by atoms with Gasteiger partial charge in [-0.05, 0) is 36.2 Å². The van der Waals surface area contributed by atoms with Crippen LogP contribution in [-0.2, 0) is 12.2 Å². The number of amides is 1. The second-order valence-electron chi connectivity index (χ2n) is 5.63. The monoisotopic (exact) mass is 336 g/mol. The number of nitrogens with zero attached hydrogens (tertiary/aromatic N) is 1. The number of aryl methyl sites for hydroxylation is 1. The van der Waals surface area contributed by atoms with Crippen LogP contribution in [-0.4, -0.2) is 11.1 Å². The van der Waals surface area contributed by atoms with Gasteiger partial charge in [0.1, 0.15) is 0 Å². The predicted octanol–water partition coefficient (Wildman–Crippen LogP) is 4.76. The van der Waals surface area contributed by atoms with Crippen molar-refractivity contribution >= 4 is 23.4 Å². The zero-order valence-corrected chi connectivity index (χ0v) is 14.0. The van der Waals surface area contributed by atoms with Crippen LogP contribution in [0.5, 0.6) is 0 Å². The molecule has 0 unspecified atom stereocenters. The van der Waals surface area contributed by atoms with E-state index in [0.717, 1.165) is 28.1 Å². The first-order chi connectivity index (χ1) is 11.8. The maximum atomic E-state index is 12.6. The van der Waals surface area contributed by atoms with E-state index in [-0.39, 0.29) is 5.91 Å². The van der Waals surface area contributed by atoms with Gasteiger partial charge >= 0.3 is 0 Å². The quantitative estimate of drug-likeness (QED) is 0.749. The van der Waals surface area contributed by atoms with E-state index >= 15 is 0 Å². The molecule has 0 spiro atoms. The summed E-state index contributed by atoms with van der Waals surface area (Å²) in [6.07, 6.45) is 0.927. The Bertz CT molecular complexity index is 917. The first-order valence-electron chi connectivity index (χ1n) is 7.87. The number of benzene rings is 2. The summed E-state index contributed by atoms with van der Waals surface area (Å²) in [7, 11) is 0. The van der Waals surface area contributed by atoms with Gasteiger partial charge in [0.05, 0.1) is 0 Å². The van der Waals surface area contributed by atoms with Gasteiger partial charge in [-0.1, -0.05) is 36.3 Å². The van der Waals surface area contributed by atoms with Crippen molar-refractivity contribution in [2.75, 3.05) is 5.32 Å². The van der Waals surface area contributed by atoms with Crippen molar-refractivity contribution in [3.8, 4) is 11.3 Å². The Morgan fingerprint density at radius 2 is 2.12 bits per heavy atom. The van der Waals surface area contributed by atoms with Crippen LogP contribution in [0.15, 0.2) is 57.9 Å². The number of aromatic nitrogens is 1. The summed E-state index contributed by atoms with van der Waals surface area (Å²) < 4.78 is 5.49. The van der Waals surface area contributed by atoms with Crippen LogP contribution in [0.3, 0.4) is 0 Å². The standard InChI is InChI=1S/C19H16N2O2S/c1-2-12-6-5-7-13(10-12)20-19(22)17-15-11-24-16-9-4-3-8-14(16)18(15)23-21-17/h3-10H,2,11H2,1H3,(H,20,22). The molecule has 3 aromatic rings. The molecular formula is C19H16N2O2S. The van der Waals surface area contributed by atoms with Gasteiger partial charge in [-0.2, -0.15) is 0 Å². The molecule has 2 heterocycles. The number of hydrogen-bond acceptors (Lipinski definition) is 4. The molecule has 0 saturated heterocycles. The minimum absolute atomic E-state index is 0.228. The van der Waals surface area contributed by atoms with E-state index in [4.69, 9.17) is 4.52 Å². The largest absolute Gasteiger partial charge is 0.355 e. The zero-order chi connectivity index (χ0) is 16.5. The van der Waals surface area contributed by atoms with Gasteiger partial charge in [-0.25, -0.2) is 0 Å². The summed E-state index contributed by atoms with van der Waals surface area (Å²) in [5.41, 5.74) is 4.19. The lowest BCUT2D eigenvalue weighted by Crippen LogP contribution is -2.14. The molecule has 1 amide bonds. The molecule has 0 aliphatic carbocycles. The second-order valence-corrected chi connectivity index (χ2v) is 6.65. The highest BCUT2D eigenvalue weighted by Gasteiger charge is 2.27. The maximum absolute atomic E-state index is 12.6. The molecule has 24 heavy (non-hydrogen) atoms. The zero-order valence-electron chi connectivity index (χ0n) is 13.2. The van der Waals surface area contributed by atoms with Crippen molar-refractivity contribution in [1.29, 1.82) is 0 Å². The predicted molar refractivity (Wildman–Crippen MR) is 95.3 cm³/mol. The van der Waals surface area contributed by atoms with E-state index < -0.39 is 0 Å². The highest BCUT2D eigenvalue weighted by Crippen LogP contribution is 2.42. The summed E-state index contributed by atoms with van der Waals surface area (Å²) in [5.74, 6) is 1.16. The van der Waals surface area contributed by atoms with E-state index in [9.17, 15) is 4.79 Å². The third-order valence-corrected chi connectivity index (χ3v) is 5.20. The molecule has 1 aromatic heterocycles. The normalized spacial score (nSPS) is 12.4. The molecule has 120 valence electrons. The van der Waals surface area contributed by atoms with Crippen molar-refractivity contribution in [2.45, 2.75) is 24.0 Å². The Labute approximate surface area is 144 Å². The fourth-order valence-electron chi connectivity index (χ4n) is 2.82. The topological polar surface area (TPSA) is 55.1 Å². The Hall–Kier alpha value is -2.53. The molecule has 0 saturated carbocycles. The summed E-state index contributed by atoms with van der Waals surface area (Å²) in [6, 6.07) is 15.9. The van der Waals surface area contributed by atoms with Crippen molar-refractivity contribution in [3.05, 3.63) is 65.4 Å². The summed E-state index contributed by atoms with van der Waals surface area (Å²) >= 11 is 1.70. The molecule has 0 radical (unpaired) electrons. The average molecular weight is 336 g/mol. The molecule has 2 aromatic carbocycles. The fourth-order valence-corrected chi connectivity index (χ4v) is 3.88. The Balaban J connectivity index is 1.64. The van der Waals surface area contributed by atoms with E-state index in [1.807, 2.05) is 42.5 Å². The van der Waals surface area contributed by atoms with Gasteiger partial charge in [0.25, 0.3) is 5.91 Å². The first kappa shape index (κ1) is 15.0. The average Bonchev–Trinajstić information content (AvgIpc) is 3.06. The van der Waals surface area contributed by atoms with E-state index in [0.29, 0.717) is 17.2 Å². The number of hydrogen-bond donors (Lipinski definition) is 1. The van der Waals surface area contributed by atoms with Crippen LogP contribution in [0.2, 0.25) is 0 Å². The molecular weight excluding hydrogens is 320 g/mol. The maximum Gasteiger partial charge on any atom is 0.278 e. The fraction of sp³-hybridized carbons (Fsp3) is 0.158. The highest BCUT2D eigenvalue weighted by molar-refractivity contribution is 7.98. The summed E-state index contributed by atoms with van der Waals surface area (Å²) in [6.45, 7) is 2.09. The van der Waals surface area contributed by atoms with Crippen LogP contribution in [0.4, 0.5) is 5.69 Å². The van der Waals surface area contributed by atoms with Crippen molar-refractivity contribution in [1.82, 2.24) is 5.16 Å². The molecule has 1 aliphatic heterocycles. The van der Waals surface area contributed by atoms with Crippen LogP contribution >= 0.6 is 11.8 Å². The Morgan fingerprint density at radius 3 is 3.00 bits per heavy atom. The molecule has 5 heteroatoms. The highest BCUT2D eigenvalue weighted by atomic mass is 32.2. The van der Waals surface area contributed by atoms with Crippen molar-refractivity contribution in [2.24, 2.45) is 0 Å². The Kier molecular flexibility index (Phi) is 3.86. The number of carbonyl (C=O) groups is 1. The van der Waals surface area contributed by atoms with Gasteiger partial charge in [-0.3, -0.25) is 4.79 Å². The van der Waals surface area contributed by atoms with Gasteiger partial charge in [-0.15, -0.1) is 11.8 Å². The molecule has 4 rings (SSSR count). The SMILES string of the molecule is CCc1cccc(NC(=O)c2noc3c2CSc2ccccc2-3)c1. The van der Waals surface area contributed by atoms with Gasteiger partial charge in [0.2, 0.25) is 0 Å². The molecule has 0 bridgehead atoms. The number of thioether (sulfide) groups is 1. The Morgan fingerprint density at radius 1 is 1.25 bits per heavy atom. The van der Waals surface area contributed by atoms with E-state index in [2.05, 4.69) is 23.5 Å². The van der Waals surface area contributed by atoms with Crippen molar-refractivity contribution < 1.29 is 9.32 Å². The molecule has 0 fully saturated rings. The van der Waals surface area contributed by atoms with Gasteiger partial charge in [0.15, 0.2) is 11.5 Å². The molecule has 1 N–H and O–H groups in total. The number of fused-ring (bicyclic) bond motifs is 3. The smallest absolute Gasteiger partial charge is 0.278 e. The lowest BCUT2D eigenvalue weighted by molar-refractivity contribution is 0.101. The lowest BCUT2D eigenvalue weighted by atomic mass is 10.1. The van der Waals surface area contributed by atoms with Crippen LogP contribution in [0, 0.1) is 0 Å². The molecule has 0 atom stereocenters.